The van der Waals surface area contributed by atoms with Crippen molar-refractivity contribution in [1.82, 2.24) is 15.1 Å². The third-order valence-corrected chi connectivity index (χ3v) is 5.70. The first-order valence-electron chi connectivity index (χ1n) is 11.9. The summed E-state index contributed by atoms with van der Waals surface area (Å²) in [5.41, 5.74) is 2.89. The minimum Gasteiger partial charge on any atom is -0.490 e. The van der Waals surface area contributed by atoms with E-state index < -0.39 is 0 Å². The molecule has 1 aliphatic rings. The Morgan fingerprint density at radius 1 is 0.857 bits per heavy atom. The number of urea groups is 1. The number of hydrogen-bond acceptors (Lipinski definition) is 7. The van der Waals surface area contributed by atoms with Gasteiger partial charge < -0.3 is 29.9 Å². The Labute approximate surface area is 206 Å². The van der Waals surface area contributed by atoms with E-state index in [4.69, 9.17) is 9.47 Å². The van der Waals surface area contributed by atoms with E-state index in [0.717, 1.165) is 43.3 Å². The van der Waals surface area contributed by atoms with E-state index in [1.807, 2.05) is 50.2 Å². The second-order valence-corrected chi connectivity index (χ2v) is 8.25. The Kier molecular flexibility index (Phi) is 7.99. The number of carbonyl (C=O) groups excluding carboxylic acids is 1. The maximum Gasteiger partial charge on any atom is 0.323 e. The Morgan fingerprint density at radius 3 is 2.26 bits per heavy atom. The van der Waals surface area contributed by atoms with Gasteiger partial charge in [0.1, 0.15) is 0 Å². The molecule has 35 heavy (non-hydrogen) atoms. The van der Waals surface area contributed by atoms with Gasteiger partial charge >= 0.3 is 6.03 Å². The van der Waals surface area contributed by atoms with Gasteiger partial charge in [0.2, 0.25) is 0 Å². The van der Waals surface area contributed by atoms with Gasteiger partial charge in [-0.3, -0.25) is 0 Å². The predicted octanol–water partition coefficient (Wildman–Crippen LogP) is 4.34. The van der Waals surface area contributed by atoms with E-state index in [1.165, 1.54) is 0 Å². The minimum absolute atomic E-state index is 0.356. The number of hydrogen-bond donors (Lipinski definition) is 2. The van der Waals surface area contributed by atoms with Gasteiger partial charge in [0.15, 0.2) is 17.3 Å². The van der Waals surface area contributed by atoms with Crippen LogP contribution >= 0.6 is 0 Å². The molecule has 1 fully saturated rings. The van der Waals surface area contributed by atoms with Crippen molar-refractivity contribution >= 4 is 23.2 Å². The molecule has 9 heteroatoms. The number of benzene rings is 2. The van der Waals surface area contributed by atoms with E-state index in [-0.39, 0.29) is 6.03 Å². The Bertz CT molecular complexity index is 1130. The van der Waals surface area contributed by atoms with E-state index in [0.29, 0.717) is 36.1 Å². The normalized spacial score (nSPS) is 13.9. The highest BCUT2D eigenvalue weighted by Gasteiger charge is 2.16. The van der Waals surface area contributed by atoms with Crippen LogP contribution in [0.5, 0.6) is 11.5 Å². The summed E-state index contributed by atoms with van der Waals surface area (Å²) in [6.07, 6.45) is 0. The van der Waals surface area contributed by atoms with Crippen molar-refractivity contribution in [3.63, 3.8) is 0 Å². The number of rotatable bonds is 8. The number of nitrogens with zero attached hydrogens (tertiary/aromatic N) is 4. The number of nitrogens with one attached hydrogen (secondary N) is 2. The first-order chi connectivity index (χ1) is 17.1. The van der Waals surface area contributed by atoms with Crippen molar-refractivity contribution in [2.75, 3.05) is 62.0 Å². The Balaban J connectivity index is 1.40. The maximum atomic E-state index is 12.6. The fourth-order valence-corrected chi connectivity index (χ4v) is 3.86. The van der Waals surface area contributed by atoms with Crippen LogP contribution in [0.1, 0.15) is 13.8 Å². The van der Waals surface area contributed by atoms with E-state index >= 15 is 0 Å². The number of aromatic nitrogens is 2. The Hall–Kier alpha value is -3.85. The number of anilines is 3. The lowest BCUT2D eigenvalue weighted by Gasteiger charge is -2.32. The number of amides is 2. The van der Waals surface area contributed by atoms with Crippen molar-refractivity contribution in [2.24, 2.45) is 0 Å². The molecular weight excluding hydrogens is 444 g/mol. The quantitative estimate of drug-likeness (QED) is 0.500. The number of carbonyl (C=O) groups is 1. The van der Waals surface area contributed by atoms with Crippen LogP contribution in [-0.2, 0) is 0 Å². The third kappa shape index (κ3) is 6.39. The van der Waals surface area contributed by atoms with Gasteiger partial charge in [-0.25, -0.2) is 4.79 Å². The van der Waals surface area contributed by atoms with Gasteiger partial charge in [0.25, 0.3) is 0 Å². The third-order valence-electron chi connectivity index (χ3n) is 5.70. The monoisotopic (exact) mass is 476 g/mol. The van der Waals surface area contributed by atoms with Gasteiger partial charge in [-0.1, -0.05) is 12.1 Å². The van der Waals surface area contributed by atoms with Gasteiger partial charge in [-0.05, 0) is 57.3 Å². The van der Waals surface area contributed by atoms with Gasteiger partial charge in [0, 0.05) is 49.2 Å². The van der Waals surface area contributed by atoms with Gasteiger partial charge in [0.05, 0.1) is 18.9 Å². The summed E-state index contributed by atoms with van der Waals surface area (Å²) in [5, 5.41) is 14.6. The molecule has 0 unspecified atom stereocenters. The molecule has 2 heterocycles. The molecule has 184 valence electrons. The molecule has 1 aliphatic heterocycles. The molecule has 4 rings (SSSR count). The first-order valence-corrected chi connectivity index (χ1v) is 11.9. The molecule has 2 N–H and O–H groups in total. The van der Waals surface area contributed by atoms with Gasteiger partial charge in [-0.15, -0.1) is 10.2 Å². The lowest BCUT2D eigenvalue weighted by atomic mass is 10.1. The Morgan fingerprint density at radius 2 is 1.57 bits per heavy atom. The minimum atomic E-state index is -0.356. The van der Waals surface area contributed by atoms with Crippen LogP contribution in [0.25, 0.3) is 11.3 Å². The molecule has 0 radical (unpaired) electrons. The summed E-state index contributed by atoms with van der Waals surface area (Å²) in [4.78, 5) is 17.2. The molecule has 0 aliphatic carbocycles. The zero-order chi connectivity index (χ0) is 24.6. The molecule has 2 amide bonds. The number of ether oxygens (including phenoxy) is 2. The molecule has 1 aromatic heterocycles. The molecule has 9 nitrogen and oxygen atoms in total. The second-order valence-electron chi connectivity index (χ2n) is 8.25. The topological polar surface area (TPSA) is 91.9 Å². The number of piperazine rings is 1. The fraction of sp³-hybridized carbons (Fsp3) is 0.346. The highest BCUT2D eigenvalue weighted by Crippen LogP contribution is 2.31. The zero-order valence-electron chi connectivity index (χ0n) is 20.5. The highest BCUT2D eigenvalue weighted by atomic mass is 16.5. The molecule has 0 spiro atoms. The zero-order valence-corrected chi connectivity index (χ0v) is 20.5. The summed E-state index contributed by atoms with van der Waals surface area (Å²) >= 11 is 0. The van der Waals surface area contributed by atoms with Gasteiger partial charge in [-0.2, -0.15) is 0 Å². The second kappa shape index (κ2) is 11.5. The van der Waals surface area contributed by atoms with Crippen LogP contribution in [0.15, 0.2) is 54.6 Å². The summed E-state index contributed by atoms with van der Waals surface area (Å²) in [6, 6.07) is 16.5. The molecule has 0 saturated carbocycles. The van der Waals surface area contributed by atoms with Crippen molar-refractivity contribution < 1.29 is 14.3 Å². The summed E-state index contributed by atoms with van der Waals surface area (Å²) < 4.78 is 11.2. The highest BCUT2D eigenvalue weighted by molar-refractivity contribution is 6.00. The molecule has 0 atom stereocenters. The molecule has 0 bridgehead atoms. The average Bonchev–Trinajstić information content (AvgIpc) is 2.86. The van der Waals surface area contributed by atoms with Crippen molar-refractivity contribution in [2.45, 2.75) is 13.8 Å². The SMILES string of the molecule is CCOc1ccc(NC(=O)Nc2cccc(-c3ccc(N4CCN(C)CC4)nn3)c2)cc1OCC. The molecule has 1 saturated heterocycles. The first kappa shape index (κ1) is 24.3. The summed E-state index contributed by atoms with van der Waals surface area (Å²) in [5.74, 6) is 2.12. The van der Waals surface area contributed by atoms with Crippen molar-refractivity contribution in [3.05, 3.63) is 54.6 Å². The maximum absolute atomic E-state index is 12.6. The van der Waals surface area contributed by atoms with Crippen LogP contribution in [0.2, 0.25) is 0 Å². The van der Waals surface area contributed by atoms with E-state index in [1.54, 1.807) is 18.2 Å². The predicted molar refractivity (Wildman–Crippen MR) is 139 cm³/mol. The van der Waals surface area contributed by atoms with Crippen molar-refractivity contribution in [3.8, 4) is 22.8 Å². The number of likely N-dealkylation sites (N-methyl/N-ethyl adjacent to an activating group) is 1. The van der Waals surface area contributed by atoms with Crippen LogP contribution in [0.3, 0.4) is 0 Å². The largest absolute Gasteiger partial charge is 0.490 e. The lowest BCUT2D eigenvalue weighted by Crippen LogP contribution is -2.44. The standard InChI is InChI=1S/C26H32N6O3/c1-4-34-23-11-9-21(18-24(23)35-5-2)28-26(33)27-20-8-6-7-19(17-20)22-10-12-25(30-29-22)32-15-13-31(3)14-16-32/h6-12,17-18H,4-5,13-16H2,1-3H3,(H2,27,28,33). The summed E-state index contributed by atoms with van der Waals surface area (Å²) in [7, 11) is 2.13. The lowest BCUT2D eigenvalue weighted by molar-refractivity contribution is 0.262. The van der Waals surface area contributed by atoms with Crippen LogP contribution in [0, 0.1) is 0 Å². The molecular formula is C26H32N6O3. The van der Waals surface area contributed by atoms with Crippen LogP contribution in [0.4, 0.5) is 22.0 Å². The van der Waals surface area contributed by atoms with E-state index in [2.05, 4.69) is 37.7 Å². The van der Waals surface area contributed by atoms with E-state index in [9.17, 15) is 4.79 Å². The average molecular weight is 477 g/mol. The van der Waals surface area contributed by atoms with Crippen molar-refractivity contribution in [1.29, 1.82) is 0 Å². The molecule has 3 aromatic rings. The summed E-state index contributed by atoms with van der Waals surface area (Å²) in [6.45, 7) is 8.77. The molecule has 2 aromatic carbocycles. The van der Waals surface area contributed by atoms with Crippen LogP contribution in [-0.4, -0.2) is 67.6 Å². The van der Waals surface area contributed by atoms with Crippen LogP contribution < -0.4 is 25.0 Å². The fourth-order valence-electron chi connectivity index (χ4n) is 3.86. The smallest absolute Gasteiger partial charge is 0.323 e.